The average molecular weight is 381 g/mol. The zero-order valence-electron chi connectivity index (χ0n) is 15.0. The van der Waals surface area contributed by atoms with Crippen molar-refractivity contribution in [3.8, 4) is 22.1 Å². The molecule has 6 heteroatoms. The Balaban J connectivity index is 1.59. The molecule has 0 bridgehead atoms. The minimum Gasteiger partial charge on any atom is -0.497 e. The second-order valence-electron chi connectivity index (χ2n) is 5.56. The van der Waals surface area contributed by atoms with Crippen LogP contribution in [0.5, 0.6) is 11.5 Å². The molecule has 0 saturated heterocycles. The van der Waals surface area contributed by atoms with Gasteiger partial charge in [0, 0.05) is 22.6 Å². The number of methoxy groups -OCH3 is 2. The van der Waals surface area contributed by atoms with E-state index < -0.39 is 5.97 Å². The van der Waals surface area contributed by atoms with Gasteiger partial charge in [0.05, 0.1) is 19.9 Å². The third-order valence-corrected chi connectivity index (χ3v) is 4.71. The zero-order valence-corrected chi connectivity index (χ0v) is 15.9. The van der Waals surface area contributed by atoms with Gasteiger partial charge in [-0.05, 0) is 24.3 Å². The number of nitrogens with zero attached hydrogens (tertiary/aromatic N) is 1. The molecule has 0 amide bonds. The van der Waals surface area contributed by atoms with Crippen molar-refractivity contribution in [3.63, 3.8) is 0 Å². The molecule has 3 aromatic rings. The summed E-state index contributed by atoms with van der Waals surface area (Å²) in [6, 6.07) is 15.1. The SMILES string of the molecule is COc1cccc(-c2nc(COC(=O)/C=C/c3ccccc3OC)cs2)c1. The van der Waals surface area contributed by atoms with Crippen molar-refractivity contribution in [1.29, 1.82) is 0 Å². The van der Waals surface area contributed by atoms with E-state index in [2.05, 4.69) is 4.98 Å². The van der Waals surface area contributed by atoms with Crippen molar-refractivity contribution in [2.45, 2.75) is 6.61 Å². The Morgan fingerprint density at radius 3 is 2.78 bits per heavy atom. The van der Waals surface area contributed by atoms with Gasteiger partial charge in [-0.1, -0.05) is 30.3 Å². The van der Waals surface area contributed by atoms with Gasteiger partial charge in [-0.3, -0.25) is 0 Å². The van der Waals surface area contributed by atoms with Crippen LogP contribution in [0.1, 0.15) is 11.3 Å². The number of esters is 1. The highest BCUT2D eigenvalue weighted by Gasteiger charge is 2.08. The van der Waals surface area contributed by atoms with Crippen LogP contribution in [0.4, 0.5) is 0 Å². The maximum absolute atomic E-state index is 12.0. The molecule has 0 fully saturated rings. The molecule has 138 valence electrons. The van der Waals surface area contributed by atoms with Crippen LogP contribution in [0.25, 0.3) is 16.6 Å². The van der Waals surface area contributed by atoms with Crippen LogP contribution in [0.2, 0.25) is 0 Å². The summed E-state index contributed by atoms with van der Waals surface area (Å²) in [5, 5.41) is 2.73. The Labute approximate surface area is 161 Å². The number of carbonyl (C=O) groups excluding carboxylic acids is 1. The second kappa shape index (κ2) is 9.00. The highest BCUT2D eigenvalue weighted by Crippen LogP contribution is 2.27. The van der Waals surface area contributed by atoms with E-state index in [-0.39, 0.29) is 6.61 Å². The first-order valence-electron chi connectivity index (χ1n) is 8.26. The standard InChI is InChI=1S/C21H19NO4S/c1-24-18-8-5-7-16(12-18)21-22-17(14-27-21)13-26-20(23)11-10-15-6-3-4-9-19(15)25-2/h3-12,14H,13H2,1-2H3/b11-10+. The van der Waals surface area contributed by atoms with Gasteiger partial charge in [0.25, 0.3) is 0 Å². The Bertz CT molecular complexity index is 949. The first-order chi connectivity index (χ1) is 13.2. The molecule has 2 aromatic carbocycles. The van der Waals surface area contributed by atoms with Crippen molar-refractivity contribution in [3.05, 3.63) is 71.2 Å². The predicted octanol–water partition coefficient (Wildman–Crippen LogP) is 4.58. The highest BCUT2D eigenvalue weighted by atomic mass is 32.1. The van der Waals surface area contributed by atoms with Crippen molar-refractivity contribution >= 4 is 23.4 Å². The van der Waals surface area contributed by atoms with E-state index in [9.17, 15) is 4.79 Å². The van der Waals surface area contributed by atoms with Gasteiger partial charge in [-0.15, -0.1) is 11.3 Å². The number of carbonyl (C=O) groups is 1. The van der Waals surface area contributed by atoms with E-state index in [0.717, 1.165) is 21.9 Å². The third kappa shape index (κ3) is 4.95. The van der Waals surface area contributed by atoms with Crippen molar-refractivity contribution in [2.75, 3.05) is 14.2 Å². The lowest BCUT2D eigenvalue weighted by molar-refractivity contribution is -0.139. The molecule has 0 spiro atoms. The van der Waals surface area contributed by atoms with E-state index >= 15 is 0 Å². The molecule has 5 nitrogen and oxygen atoms in total. The van der Waals surface area contributed by atoms with Gasteiger partial charge >= 0.3 is 5.97 Å². The molecule has 0 aliphatic carbocycles. The quantitative estimate of drug-likeness (QED) is 0.443. The summed E-state index contributed by atoms with van der Waals surface area (Å²) in [5.41, 5.74) is 2.48. The number of ether oxygens (including phenoxy) is 3. The van der Waals surface area contributed by atoms with Gasteiger partial charge in [0.1, 0.15) is 23.1 Å². The monoisotopic (exact) mass is 381 g/mol. The maximum Gasteiger partial charge on any atom is 0.331 e. The number of aromatic nitrogens is 1. The summed E-state index contributed by atoms with van der Waals surface area (Å²) in [6.45, 7) is 0.121. The van der Waals surface area contributed by atoms with E-state index in [1.807, 2.05) is 53.9 Å². The minimum atomic E-state index is -0.433. The summed E-state index contributed by atoms with van der Waals surface area (Å²) >= 11 is 1.50. The summed E-state index contributed by atoms with van der Waals surface area (Å²) in [4.78, 5) is 16.5. The molecule has 0 radical (unpaired) electrons. The number of para-hydroxylation sites is 1. The van der Waals surface area contributed by atoms with Crippen LogP contribution in [0, 0.1) is 0 Å². The van der Waals surface area contributed by atoms with E-state index in [4.69, 9.17) is 14.2 Å². The van der Waals surface area contributed by atoms with Gasteiger partial charge in [-0.25, -0.2) is 9.78 Å². The van der Waals surface area contributed by atoms with Crippen molar-refractivity contribution in [2.24, 2.45) is 0 Å². The molecule has 1 heterocycles. The Hall–Kier alpha value is -3.12. The molecule has 0 unspecified atom stereocenters. The van der Waals surface area contributed by atoms with Crippen LogP contribution in [0.15, 0.2) is 60.0 Å². The predicted molar refractivity (Wildman–Crippen MR) is 106 cm³/mol. The summed E-state index contributed by atoms with van der Waals surface area (Å²) < 4.78 is 15.8. The maximum atomic E-state index is 12.0. The van der Waals surface area contributed by atoms with E-state index in [1.165, 1.54) is 17.4 Å². The number of hydrogen-bond acceptors (Lipinski definition) is 6. The summed E-state index contributed by atoms with van der Waals surface area (Å²) in [7, 11) is 3.22. The molecule has 0 aliphatic heterocycles. The van der Waals surface area contributed by atoms with Crippen LogP contribution in [0.3, 0.4) is 0 Å². The van der Waals surface area contributed by atoms with Gasteiger partial charge in [-0.2, -0.15) is 0 Å². The molecule has 0 saturated carbocycles. The van der Waals surface area contributed by atoms with Crippen molar-refractivity contribution in [1.82, 2.24) is 4.98 Å². The molecular weight excluding hydrogens is 362 g/mol. The zero-order chi connectivity index (χ0) is 19.1. The van der Waals surface area contributed by atoms with E-state index in [1.54, 1.807) is 20.3 Å². The lowest BCUT2D eigenvalue weighted by Crippen LogP contribution is -2.01. The molecule has 0 N–H and O–H groups in total. The summed E-state index contributed by atoms with van der Waals surface area (Å²) in [5.74, 6) is 1.04. The number of thiazole rings is 1. The first kappa shape index (κ1) is 18.7. The smallest absolute Gasteiger partial charge is 0.331 e. The fourth-order valence-electron chi connectivity index (χ4n) is 2.42. The third-order valence-electron chi connectivity index (χ3n) is 3.77. The van der Waals surface area contributed by atoms with Crippen LogP contribution in [-0.2, 0) is 16.1 Å². The molecule has 0 atom stereocenters. The topological polar surface area (TPSA) is 57.7 Å². The first-order valence-corrected chi connectivity index (χ1v) is 9.14. The van der Waals surface area contributed by atoms with Gasteiger partial charge < -0.3 is 14.2 Å². The molecule has 27 heavy (non-hydrogen) atoms. The lowest BCUT2D eigenvalue weighted by atomic mass is 10.2. The fraction of sp³-hybridized carbons (Fsp3) is 0.143. The molecular formula is C21H19NO4S. The Morgan fingerprint density at radius 2 is 1.96 bits per heavy atom. The highest BCUT2D eigenvalue weighted by molar-refractivity contribution is 7.13. The van der Waals surface area contributed by atoms with Crippen LogP contribution >= 0.6 is 11.3 Å². The Morgan fingerprint density at radius 1 is 1.11 bits per heavy atom. The fourth-order valence-corrected chi connectivity index (χ4v) is 3.22. The summed E-state index contributed by atoms with van der Waals surface area (Å²) in [6.07, 6.45) is 3.05. The number of benzene rings is 2. The normalized spacial score (nSPS) is 10.7. The molecule has 1 aromatic heterocycles. The van der Waals surface area contributed by atoms with E-state index in [0.29, 0.717) is 11.4 Å². The van der Waals surface area contributed by atoms with Gasteiger partial charge in [0.2, 0.25) is 0 Å². The van der Waals surface area contributed by atoms with Gasteiger partial charge in [0.15, 0.2) is 0 Å². The minimum absolute atomic E-state index is 0.121. The van der Waals surface area contributed by atoms with Crippen molar-refractivity contribution < 1.29 is 19.0 Å². The molecule has 0 aliphatic rings. The average Bonchev–Trinajstić information content (AvgIpc) is 3.20. The van der Waals surface area contributed by atoms with Crippen LogP contribution in [-0.4, -0.2) is 25.2 Å². The number of hydrogen-bond donors (Lipinski definition) is 0. The lowest BCUT2D eigenvalue weighted by Gasteiger charge is -2.03. The van der Waals surface area contributed by atoms with Crippen LogP contribution < -0.4 is 9.47 Å². The molecule has 3 rings (SSSR count). The largest absolute Gasteiger partial charge is 0.497 e. The second-order valence-corrected chi connectivity index (χ2v) is 6.42. The Kier molecular flexibility index (Phi) is 6.22. The number of rotatable bonds is 7.